The zero-order chi connectivity index (χ0) is 35.3. The van der Waals surface area contributed by atoms with Gasteiger partial charge in [0, 0.05) is 16.9 Å². The third-order valence-corrected chi connectivity index (χ3v) is 12.3. The number of benzene rings is 6. The van der Waals surface area contributed by atoms with Crippen LogP contribution in [-0.2, 0) is 6.42 Å². The minimum absolute atomic E-state index is 0.549. The van der Waals surface area contributed by atoms with Crippen LogP contribution in [0.15, 0.2) is 181 Å². The van der Waals surface area contributed by atoms with E-state index in [1.165, 1.54) is 100 Å². The molecular weight excluding hydrogens is 639 g/mol. The molecule has 1 unspecified atom stereocenters. The van der Waals surface area contributed by atoms with Gasteiger partial charge >= 0.3 is 0 Å². The van der Waals surface area contributed by atoms with Crippen LogP contribution in [0.5, 0.6) is 0 Å². The molecule has 53 heavy (non-hydrogen) atoms. The van der Waals surface area contributed by atoms with Crippen LogP contribution in [0, 0.1) is 19.3 Å². The second-order valence-electron chi connectivity index (χ2n) is 14.9. The van der Waals surface area contributed by atoms with E-state index in [1.54, 1.807) is 0 Å². The molecule has 0 aliphatic heterocycles. The van der Waals surface area contributed by atoms with Gasteiger partial charge in [-0.25, -0.2) is 0 Å². The number of nitrogens with zero attached hydrogens (tertiary/aromatic N) is 1. The first-order valence-corrected chi connectivity index (χ1v) is 18.7. The van der Waals surface area contributed by atoms with Gasteiger partial charge in [-0.3, -0.25) is 0 Å². The van der Waals surface area contributed by atoms with Gasteiger partial charge in [-0.05, 0) is 140 Å². The van der Waals surface area contributed by atoms with Crippen LogP contribution < -0.4 is 4.90 Å². The molecule has 1 nitrogen and oxygen atoms in total. The van der Waals surface area contributed by atoms with Gasteiger partial charge in [-0.2, -0.15) is 0 Å². The van der Waals surface area contributed by atoms with Crippen molar-refractivity contribution < 1.29 is 0 Å². The van der Waals surface area contributed by atoms with Crippen molar-refractivity contribution in [2.75, 3.05) is 4.90 Å². The van der Waals surface area contributed by atoms with Gasteiger partial charge in [-0.15, -0.1) is 0 Å². The number of para-hydroxylation sites is 1. The molecule has 0 saturated heterocycles. The monoisotopic (exact) mass is 675 g/mol. The molecule has 0 fully saturated rings. The molecule has 5 aliphatic carbocycles. The van der Waals surface area contributed by atoms with Crippen LogP contribution in [0.3, 0.4) is 0 Å². The molecule has 0 aromatic heterocycles. The lowest BCUT2D eigenvalue weighted by Crippen LogP contribution is -2.37. The molecule has 6 aromatic rings. The Kier molecular flexibility index (Phi) is 6.43. The summed E-state index contributed by atoms with van der Waals surface area (Å²) in [6, 6.07) is 49.3. The highest BCUT2D eigenvalue weighted by Gasteiger charge is 2.50. The smallest absolute Gasteiger partial charge is 0.0803 e. The van der Waals surface area contributed by atoms with Crippen molar-refractivity contribution in [2.24, 2.45) is 5.41 Å². The Hall–Kier alpha value is -6.44. The maximum Gasteiger partial charge on any atom is 0.0803 e. The van der Waals surface area contributed by atoms with Crippen LogP contribution >= 0.6 is 0 Å². The summed E-state index contributed by atoms with van der Waals surface area (Å²) in [5.41, 5.74) is 24.2. The van der Waals surface area contributed by atoms with Gasteiger partial charge in [0.25, 0.3) is 0 Å². The predicted molar refractivity (Wildman–Crippen MR) is 223 cm³/mol. The molecule has 0 amide bonds. The summed E-state index contributed by atoms with van der Waals surface area (Å²) >= 11 is 0. The predicted octanol–water partition coefficient (Wildman–Crippen LogP) is 13.1. The fourth-order valence-electron chi connectivity index (χ4n) is 9.73. The van der Waals surface area contributed by atoms with Crippen LogP contribution in [-0.4, -0.2) is 0 Å². The van der Waals surface area contributed by atoms with Crippen molar-refractivity contribution >= 4 is 34.7 Å². The highest BCUT2D eigenvalue weighted by atomic mass is 15.2. The summed E-state index contributed by atoms with van der Waals surface area (Å²) in [7, 11) is 0. The van der Waals surface area contributed by atoms with Gasteiger partial charge < -0.3 is 4.90 Å². The van der Waals surface area contributed by atoms with Gasteiger partial charge in [0.1, 0.15) is 0 Å². The molecule has 0 N–H and O–H groups in total. The number of allylic oxidation sites excluding steroid dienone is 7. The second kappa shape index (κ2) is 11.3. The molecule has 0 bridgehead atoms. The first-order chi connectivity index (χ1) is 26.1. The SMILES string of the molecule is Cc1ccc(N(C2=CC=C3C(=Cc4ccccc43)C23C=CC=C2C3=Cc3ccccc32)c2ccccc2)c(-c2cccc3c2Cc2ccccc2-3)c1C. The number of hydrogen-bond acceptors (Lipinski definition) is 1. The van der Waals surface area contributed by atoms with Crippen molar-refractivity contribution in [3.8, 4) is 22.3 Å². The van der Waals surface area contributed by atoms with E-state index in [1.807, 2.05) is 0 Å². The molecule has 250 valence electrons. The third-order valence-electron chi connectivity index (χ3n) is 12.3. The lowest BCUT2D eigenvalue weighted by atomic mass is 9.63. The average Bonchev–Trinajstić information content (AvgIpc) is 3.90. The molecule has 1 spiro atoms. The highest BCUT2D eigenvalue weighted by molar-refractivity contribution is 6.07. The van der Waals surface area contributed by atoms with E-state index in [4.69, 9.17) is 0 Å². The molecule has 1 heteroatoms. The summed E-state index contributed by atoms with van der Waals surface area (Å²) in [5, 5.41) is 0. The Morgan fingerprint density at radius 2 is 1.15 bits per heavy atom. The van der Waals surface area contributed by atoms with E-state index < -0.39 is 5.41 Å². The summed E-state index contributed by atoms with van der Waals surface area (Å²) in [5.74, 6) is 0. The largest absolute Gasteiger partial charge is 0.312 e. The maximum atomic E-state index is 2.58. The van der Waals surface area contributed by atoms with Crippen LogP contribution in [0.4, 0.5) is 11.4 Å². The molecule has 0 heterocycles. The molecule has 0 saturated carbocycles. The average molecular weight is 676 g/mol. The van der Waals surface area contributed by atoms with Gasteiger partial charge in [0.2, 0.25) is 0 Å². The Balaban J connectivity index is 1.21. The maximum absolute atomic E-state index is 2.58. The summed E-state index contributed by atoms with van der Waals surface area (Å²) in [4.78, 5) is 2.58. The summed E-state index contributed by atoms with van der Waals surface area (Å²) < 4.78 is 0. The Labute approximate surface area is 311 Å². The quantitative estimate of drug-likeness (QED) is 0.179. The molecule has 5 aliphatic rings. The normalized spacial score (nSPS) is 18.1. The van der Waals surface area contributed by atoms with Crippen molar-refractivity contribution in [1.82, 2.24) is 0 Å². The van der Waals surface area contributed by atoms with Gasteiger partial charge in [-0.1, -0.05) is 140 Å². The van der Waals surface area contributed by atoms with Crippen LogP contribution in [0.2, 0.25) is 0 Å². The van der Waals surface area contributed by atoms with Gasteiger partial charge in [0.05, 0.1) is 11.1 Å². The molecule has 11 rings (SSSR count). The topological polar surface area (TPSA) is 3.24 Å². The minimum Gasteiger partial charge on any atom is -0.312 e. The molecular formula is C52H37N. The Morgan fingerprint density at radius 1 is 0.528 bits per heavy atom. The highest BCUT2D eigenvalue weighted by Crippen LogP contribution is 2.63. The van der Waals surface area contributed by atoms with Crippen LogP contribution in [0.1, 0.15) is 44.5 Å². The van der Waals surface area contributed by atoms with E-state index in [2.05, 4.69) is 195 Å². The number of anilines is 2. The standard InChI is InChI=1S/C52H37N/c1-33-25-27-49(51(34(33)2)45-23-12-22-42-39-19-9-6-14-35(39)30-46(42)45)53(38-17-4-3-5-18-38)50-28-26-44-41-21-11-8-16-37(41)32-48(44)52(50)29-13-24-43-40-20-10-7-15-36(40)31-47(43)52/h3-29,31-32H,30H2,1-2H3. The van der Waals surface area contributed by atoms with Gasteiger partial charge in [0.15, 0.2) is 0 Å². The number of aryl methyl sites for hydroxylation is 1. The van der Waals surface area contributed by atoms with Crippen LogP contribution in [0.25, 0.3) is 45.6 Å². The van der Waals surface area contributed by atoms with E-state index >= 15 is 0 Å². The Morgan fingerprint density at radius 3 is 1.91 bits per heavy atom. The molecule has 6 aromatic carbocycles. The first kappa shape index (κ1) is 30.2. The fraction of sp³-hybridized carbons (Fsp3) is 0.0769. The second-order valence-corrected chi connectivity index (χ2v) is 14.9. The summed E-state index contributed by atoms with van der Waals surface area (Å²) in [6.45, 7) is 4.57. The number of fused-ring (bicyclic) bond motifs is 11. The van der Waals surface area contributed by atoms with Crippen molar-refractivity contribution in [2.45, 2.75) is 20.3 Å². The zero-order valence-electron chi connectivity index (χ0n) is 29.9. The summed E-state index contributed by atoms with van der Waals surface area (Å²) in [6.07, 6.45) is 17.7. The lowest BCUT2D eigenvalue weighted by molar-refractivity contribution is 0.677. The molecule has 1 atom stereocenters. The van der Waals surface area contributed by atoms with E-state index in [0.29, 0.717) is 0 Å². The number of hydrogen-bond donors (Lipinski definition) is 0. The lowest BCUT2D eigenvalue weighted by Gasteiger charge is -2.46. The van der Waals surface area contributed by atoms with Crippen molar-refractivity contribution in [3.05, 3.63) is 225 Å². The van der Waals surface area contributed by atoms with Crippen molar-refractivity contribution in [1.29, 1.82) is 0 Å². The van der Waals surface area contributed by atoms with E-state index in [9.17, 15) is 0 Å². The first-order valence-electron chi connectivity index (χ1n) is 18.7. The fourth-order valence-corrected chi connectivity index (χ4v) is 9.73. The zero-order valence-corrected chi connectivity index (χ0v) is 29.9. The number of rotatable bonds is 4. The Bertz CT molecular complexity index is 2740. The van der Waals surface area contributed by atoms with E-state index in [0.717, 1.165) is 12.1 Å². The van der Waals surface area contributed by atoms with Crippen molar-refractivity contribution in [3.63, 3.8) is 0 Å². The molecule has 0 radical (unpaired) electrons. The minimum atomic E-state index is -0.549. The third kappa shape index (κ3) is 4.19. The van der Waals surface area contributed by atoms with E-state index in [-0.39, 0.29) is 0 Å².